The molecule has 0 fully saturated rings. The molecule has 0 spiro atoms. The quantitative estimate of drug-likeness (QED) is 0.694. The van der Waals surface area contributed by atoms with Gasteiger partial charge in [-0.25, -0.2) is 4.39 Å². The van der Waals surface area contributed by atoms with Crippen LogP contribution in [0.25, 0.3) is 11.4 Å². The highest BCUT2D eigenvalue weighted by atomic mass is 35.5. The monoisotopic (exact) mass is 316 g/mol. The molecule has 0 unspecified atom stereocenters. The lowest BCUT2D eigenvalue weighted by molar-refractivity contribution is 0.0961. The molecule has 0 radical (unpaired) electrons. The molecule has 0 amide bonds. The molecule has 0 N–H and O–H groups in total. The van der Waals surface area contributed by atoms with Crippen LogP contribution in [-0.2, 0) is 6.54 Å². The number of aromatic nitrogens is 4. The Balaban J connectivity index is 1.78. The second kappa shape index (κ2) is 6.03. The van der Waals surface area contributed by atoms with E-state index >= 15 is 0 Å². The number of carbonyl (C=O) groups excluding carboxylic acids is 1. The first-order valence-corrected chi connectivity index (χ1v) is 6.83. The molecule has 3 aromatic rings. The Hall–Kier alpha value is -2.60. The molecule has 22 heavy (non-hydrogen) atoms. The van der Waals surface area contributed by atoms with Gasteiger partial charge in [-0.2, -0.15) is 4.80 Å². The van der Waals surface area contributed by atoms with Crippen LogP contribution < -0.4 is 0 Å². The number of carbonyl (C=O) groups is 1. The lowest BCUT2D eigenvalue weighted by Crippen LogP contribution is -2.13. The third-order valence-electron chi connectivity index (χ3n) is 3.01. The lowest BCUT2D eigenvalue weighted by atomic mass is 10.1. The number of nitrogens with zero attached hydrogens (tertiary/aromatic N) is 4. The fourth-order valence-corrected chi connectivity index (χ4v) is 2.17. The van der Waals surface area contributed by atoms with Crippen molar-refractivity contribution in [1.82, 2.24) is 20.2 Å². The summed E-state index contributed by atoms with van der Waals surface area (Å²) < 4.78 is 12.9. The van der Waals surface area contributed by atoms with Crippen molar-refractivity contribution in [2.45, 2.75) is 6.54 Å². The zero-order valence-corrected chi connectivity index (χ0v) is 12.0. The number of hydrogen-bond donors (Lipinski definition) is 0. The molecule has 0 aliphatic rings. The zero-order chi connectivity index (χ0) is 15.5. The fraction of sp³-hybridized carbons (Fsp3) is 0.0667. The van der Waals surface area contributed by atoms with Gasteiger partial charge in [-0.1, -0.05) is 23.7 Å². The lowest BCUT2D eigenvalue weighted by Gasteiger charge is -2.01. The Bertz CT molecular complexity index is 816. The molecule has 2 aromatic carbocycles. The summed E-state index contributed by atoms with van der Waals surface area (Å²) in [5.74, 6) is -0.231. The van der Waals surface area contributed by atoms with E-state index in [0.717, 1.165) is 0 Å². The van der Waals surface area contributed by atoms with Crippen LogP contribution in [0.1, 0.15) is 10.4 Å². The summed E-state index contributed by atoms with van der Waals surface area (Å²) >= 11 is 5.98. The van der Waals surface area contributed by atoms with E-state index in [9.17, 15) is 9.18 Å². The zero-order valence-electron chi connectivity index (χ0n) is 11.3. The molecule has 0 aliphatic heterocycles. The van der Waals surface area contributed by atoms with E-state index in [1.807, 2.05) is 0 Å². The van der Waals surface area contributed by atoms with Gasteiger partial charge in [-0.3, -0.25) is 4.79 Å². The predicted octanol–water partition coefficient (Wildman–Crippen LogP) is 3.02. The molecule has 1 aromatic heterocycles. The maximum atomic E-state index is 12.9. The van der Waals surface area contributed by atoms with Crippen LogP contribution in [0.2, 0.25) is 5.02 Å². The molecule has 0 atom stereocenters. The van der Waals surface area contributed by atoms with Crippen LogP contribution in [0.3, 0.4) is 0 Å². The number of benzene rings is 2. The van der Waals surface area contributed by atoms with Crippen LogP contribution in [-0.4, -0.2) is 26.0 Å². The van der Waals surface area contributed by atoms with E-state index in [0.29, 0.717) is 22.0 Å². The molecule has 1 heterocycles. The van der Waals surface area contributed by atoms with E-state index in [-0.39, 0.29) is 18.1 Å². The molecular formula is C15H10ClFN4O. The highest BCUT2D eigenvalue weighted by molar-refractivity contribution is 6.33. The summed E-state index contributed by atoms with van der Waals surface area (Å²) in [4.78, 5) is 13.3. The van der Waals surface area contributed by atoms with Gasteiger partial charge in [-0.15, -0.1) is 10.2 Å². The molecule has 0 saturated carbocycles. The van der Waals surface area contributed by atoms with E-state index in [1.165, 1.54) is 16.9 Å². The average molecular weight is 317 g/mol. The van der Waals surface area contributed by atoms with Gasteiger partial charge in [0.15, 0.2) is 5.78 Å². The molecule has 0 bridgehead atoms. The Kier molecular flexibility index (Phi) is 3.93. The maximum Gasteiger partial charge on any atom is 0.204 e. The second-order valence-corrected chi connectivity index (χ2v) is 4.96. The summed E-state index contributed by atoms with van der Waals surface area (Å²) in [5.41, 5.74) is 1.03. The highest BCUT2D eigenvalue weighted by Crippen LogP contribution is 2.17. The first-order valence-electron chi connectivity index (χ1n) is 6.45. The van der Waals surface area contributed by atoms with Gasteiger partial charge >= 0.3 is 0 Å². The Morgan fingerprint density at radius 1 is 1.14 bits per heavy atom. The minimum atomic E-state index is -0.343. The van der Waals surface area contributed by atoms with Crippen molar-refractivity contribution in [3.05, 3.63) is 64.9 Å². The minimum absolute atomic E-state index is 0.0715. The summed E-state index contributed by atoms with van der Waals surface area (Å²) in [6, 6.07) is 12.5. The fourth-order valence-electron chi connectivity index (χ4n) is 1.93. The highest BCUT2D eigenvalue weighted by Gasteiger charge is 2.13. The van der Waals surface area contributed by atoms with Crippen molar-refractivity contribution in [2.75, 3.05) is 0 Å². The summed E-state index contributed by atoms with van der Waals surface area (Å²) in [6.07, 6.45) is 0. The number of Topliss-reactive ketones (excluding diaryl/α,β-unsaturated/α-hetero) is 1. The Morgan fingerprint density at radius 3 is 2.59 bits per heavy atom. The summed E-state index contributed by atoms with van der Waals surface area (Å²) in [5, 5.41) is 12.2. The number of tetrazole rings is 1. The van der Waals surface area contributed by atoms with Crippen molar-refractivity contribution in [3.8, 4) is 11.4 Å². The normalized spacial score (nSPS) is 10.6. The van der Waals surface area contributed by atoms with Gasteiger partial charge in [0.1, 0.15) is 12.4 Å². The molecule has 3 rings (SSSR count). The molecular weight excluding hydrogens is 307 g/mol. The van der Waals surface area contributed by atoms with E-state index in [1.54, 1.807) is 36.4 Å². The van der Waals surface area contributed by atoms with E-state index in [4.69, 9.17) is 11.6 Å². The van der Waals surface area contributed by atoms with Crippen LogP contribution in [0.5, 0.6) is 0 Å². The topological polar surface area (TPSA) is 60.7 Å². The van der Waals surface area contributed by atoms with E-state index < -0.39 is 0 Å². The smallest absolute Gasteiger partial charge is 0.204 e. The number of rotatable bonds is 4. The predicted molar refractivity (Wildman–Crippen MR) is 79.0 cm³/mol. The third-order valence-corrected chi connectivity index (χ3v) is 3.34. The number of hydrogen-bond acceptors (Lipinski definition) is 4. The van der Waals surface area contributed by atoms with Gasteiger partial charge in [-0.05, 0) is 41.6 Å². The van der Waals surface area contributed by atoms with Gasteiger partial charge in [0, 0.05) is 11.1 Å². The number of ketones is 1. The molecule has 110 valence electrons. The third kappa shape index (κ3) is 3.01. The van der Waals surface area contributed by atoms with Gasteiger partial charge < -0.3 is 0 Å². The van der Waals surface area contributed by atoms with Crippen LogP contribution >= 0.6 is 11.6 Å². The van der Waals surface area contributed by atoms with Gasteiger partial charge in [0.05, 0.1) is 5.02 Å². The van der Waals surface area contributed by atoms with E-state index in [2.05, 4.69) is 15.4 Å². The molecule has 0 saturated heterocycles. The van der Waals surface area contributed by atoms with Gasteiger partial charge in [0.25, 0.3) is 0 Å². The van der Waals surface area contributed by atoms with Crippen molar-refractivity contribution in [2.24, 2.45) is 0 Å². The average Bonchev–Trinajstić information content (AvgIpc) is 2.97. The van der Waals surface area contributed by atoms with Crippen molar-refractivity contribution >= 4 is 17.4 Å². The van der Waals surface area contributed by atoms with Crippen LogP contribution in [0.4, 0.5) is 4.39 Å². The van der Waals surface area contributed by atoms with Crippen molar-refractivity contribution in [1.29, 1.82) is 0 Å². The molecule has 0 aliphatic carbocycles. The number of halogens is 2. The Morgan fingerprint density at radius 2 is 1.86 bits per heavy atom. The van der Waals surface area contributed by atoms with Gasteiger partial charge in [0.2, 0.25) is 5.82 Å². The SMILES string of the molecule is O=C(Cn1nnc(-c2ccc(F)cc2)n1)c1ccccc1Cl. The van der Waals surface area contributed by atoms with Crippen LogP contribution in [0.15, 0.2) is 48.5 Å². The molecule has 5 nitrogen and oxygen atoms in total. The standard InChI is InChI=1S/C15H10ClFN4O/c16-13-4-2-1-3-12(13)14(22)9-21-19-15(18-20-21)10-5-7-11(17)8-6-10/h1-8H,9H2. The maximum absolute atomic E-state index is 12.9. The minimum Gasteiger partial charge on any atom is -0.292 e. The molecule has 7 heteroatoms. The summed E-state index contributed by atoms with van der Waals surface area (Å²) in [7, 11) is 0. The van der Waals surface area contributed by atoms with Crippen molar-refractivity contribution in [3.63, 3.8) is 0 Å². The Labute approximate surface area is 130 Å². The van der Waals surface area contributed by atoms with Crippen LogP contribution in [0, 0.1) is 5.82 Å². The first-order chi connectivity index (χ1) is 10.6. The summed E-state index contributed by atoms with van der Waals surface area (Å²) in [6.45, 7) is -0.0715. The van der Waals surface area contributed by atoms with Crippen molar-refractivity contribution < 1.29 is 9.18 Å². The second-order valence-electron chi connectivity index (χ2n) is 4.55. The first kappa shape index (κ1) is 14.3. The largest absolute Gasteiger partial charge is 0.292 e.